The third-order valence-corrected chi connectivity index (χ3v) is 3.65. The molecule has 0 spiro atoms. The molecule has 6 heteroatoms. The minimum Gasteiger partial charge on any atom is -0.362 e. The normalized spacial score (nSPS) is 10.4. The average molecular weight is 273 g/mol. The van der Waals surface area contributed by atoms with Crippen LogP contribution < -0.4 is 5.32 Å². The maximum absolute atomic E-state index is 3.94. The molecule has 4 nitrogen and oxygen atoms in total. The Labute approximate surface area is 94.1 Å². The minimum atomic E-state index is 0.775. The zero-order valence-electron chi connectivity index (χ0n) is 7.57. The van der Waals surface area contributed by atoms with Crippen molar-refractivity contribution in [2.24, 2.45) is 7.05 Å². The molecule has 2 aromatic heterocycles. The summed E-state index contributed by atoms with van der Waals surface area (Å²) in [7, 11) is 1.85. The first-order valence-electron chi connectivity index (χ1n) is 4.08. The molecule has 2 heterocycles. The number of hydrogen-bond acceptors (Lipinski definition) is 4. The number of nitrogens with one attached hydrogen (secondary N) is 1. The van der Waals surface area contributed by atoms with Crippen LogP contribution in [0.4, 0.5) is 5.82 Å². The molecule has 0 atom stereocenters. The molecular formula is C8H9BrN4S. The molecule has 0 fully saturated rings. The van der Waals surface area contributed by atoms with Crippen molar-refractivity contribution in [3.05, 3.63) is 27.0 Å². The van der Waals surface area contributed by atoms with Crippen LogP contribution in [0.1, 0.15) is 4.88 Å². The summed E-state index contributed by atoms with van der Waals surface area (Å²) in [5, 5.41) is 13.0. The lowest BCUT2D eigenvalue weighted by Gasteiger charge is -1.99. The van der Waals surface area contributed by atoms with E-state index in [0.29, 0.717) is 0 Å². The van der Waals surface area contributed by atoms with E-state index in [2.05, 4.69) is 36.9 Å². The Hall–Kier alpha value is -0.880. The van der Waals surface area contributed by atoms with Crippen molar-refractivity contribution in [3.8, 4) is 0 Å². The molecule has 0 unspecified atom stereocenters. The SMILES string of the molecule is Cn1cc(NCc2sccc2Br)nn1. The fourth-order valence-electron chi connectivity index (χ4n) is 1.05. The van der Waals surface area contributed by atoms with Gasteiger partial charge in [0, 0.05) is 16.4 Å². The first-order valence-corrected chi connectivity index (χ1v) is 5.75. The summed E-state index contributed by atoms with van der Waals surface area (Å²) in [5.41, 5.74) is 0. The summed E-state index contributed by atoms with van der Waals surface area (Å²) in [6.45, 7) is 0.775. The summed E-state index contributed by atoms with van der Waals surface area (Å²) < 4.78 is 2.81. The van der Waals surface area contributed by atoms with E-state index in [0.717, 1.165) is 16.8 Å². The van der Waals surface area contributed by atoms with Crippen molar-refractivity contribution < 1.29 is 0 Å². The van der Waals surface area contributed by atoms with Gasteiger partial charge in [0.2, 0.25) is 0 Å². The van der Waals surface area contributed by atoms with Gasteiger partial charge in [-0.1, -0.05) is 5.21 Å². The van der Waals surface area contributed by atoms with Gasteiger partial charge in [-0.15, -0.1) is 16.4 Å². The van der Waals surface area contributed by atoms with Crippen LogP contribution in [-0.4, -0.2) is 15.0 Å². The van der Waals surface area contributed by atoms with Gasteiger partial charge in [-0.25, -0.2) is 0 Å². The molecule has 0 aliphatic heterocycles. The average Bonchev–Trinajstić information content (AvgIpc) is 2.72. The molecule has 1 N–H and O–H groups in total. The highest BCUT2D eigenvalue weighted by Gasteiger charge is 2.02. The van der Waals surface area contributed by atoms with E-state index >= 15 is 0 Å². The number of aromatic nitrogens is 3. The van der Waals surface area contributed by atoms with Gasteiger partial charge in [-0.2, -0.15) is 0 Å². The summed E-state index contributed by atoms with van der Waals surface area (Å²) >= 11 is 5.19. The first-order chi connectivity index (χ1) is 6.75. The molecule has 0 aromatic carbocycles. The zero-order valence-corrected chi connectivity index (χ0v) is 9.97. The van der Waals surface area contributed by atoms with Gasteiger partial charge in [0.25, 0.3) is 0 Å². The number of halogens is 1. The quantitative estimate of drug-likeness (QED) is 0.932. The van der Waals surface area contributed by atoms with E-state index in [1.165, 1.54) is 4.88 Å². The van der Waals surface area contributed by atoms with Crippen molar-refractivity contribution in [1.29, 1.82) is 0 Å². The molecule has 0 aliphatic carbocycles. The van der Waals surface area contributed by atoms with Crippen molar-refractivity contribution in [3.63, 3.8) is 0 Å². The number of aryl methyl sites for hydroxylation is 1. The van der Waals surface area contributed by atoms with Crippen LogP contribution in [0.5, 0.6) is 0 Å². The van der Waals surface area contributed by atoms with Gasteiger partial charge in [0.05, 0.1) is 12.7 Å². The molecule has 0 amide bonds. The third-order valence-electron chi connectivity index (χ3n) is 1.72. The Morgan fingerprint density at radius 1 is 1.64 bits per heavy atom. The number of rotatable bonds is 3. The predicted molar refractivity (Wildman–Crippen MR) is 60.3 cm³/mol. The minimum absolute atomic E-state index is 0.775. The molecule has 0 saturated carbocycles. The second-order valence-corrected chi connectivity index (χ2v) is 4.68. The molecule has 0 saturated heterocycles. The van der Waals surface area contributed by atoms with Crippen LogP contribution in [-0.2, 0) is 13.6 Å². The van der Waals surface area contributed by atoms with Gasteiger partial charge in [0.15, 0.2) is 5.82 Å². The molecule has 0 bridgehead atoms. The van der Waals surface area contributed by atoms with Crippen LogP contribution in [0.15, 0.2) is 22.1 Å². The van der Waals surface area contributed by atoms with Crippen molar-refractivity contribution in [2.45, 2.75) is 6.54 Å². The fourth-order valence-corrected chi connectivity index (χ4v) is 2.48. The predicted octanol–water partition coefficient (Wildman–Crippen LogP) is 2.25. The van der Waals surface area contributed by atoms with E-state index in [4.69, 9.17) is 0 Å². The second-order valence-electron chi connectivity index (χ2n) is 2.82. The van der Waals surface area contributed by atoms with Crippen molar-refractivity contribution in [1.82, 2.24) is 15.0 Å². The molecule has 2 aromatic rings. The van der Waals surface area contributed by atoms with E-state index < -0.39 is 0 Å². The smallest absolute Gasteiger partial charge is 0.168 e. The maximum Gasteiger partial charge on any atom is 0.168 e. The summed E-state index contributed by atoms with van der Waals surface area (Å²) in [6, 6.07) is 2.04. The van der Waals surface area contributed by atoms with Crippen molar-refractivity contribution in [2.75, 3.05) is 5.32 Å². The highest BCUT2D eigenvalue weighted by Crippen LogP contribution is 2.23. The van der Waals surface area contributed by atoms with Crippen LogP contribution >= 0.6 is 27.3 Å². The van der Waals surface area contributed by atoms with Crippen LogP contribution in [0.3, 0.4) is 0 Å². The first kappa shape index (κ1) is 9.67. The van der Waals surface area contributed by atoms with Gasteiger partial charge < -0.3 is 5.32 Å². The van der Waals surface area contributed by atoms with Crippen LogP contribution in [0.2, 0.25) is 0 Å². The Kier molecular flexibility index (Phi) is 2.83. The third kappa shape index (κ3) is 2.13. The standard InChI is InChI=1S/C8H9BrN4S/c1-13-5-8(11-12-13)10-4-7-6(9)2-3-14-7/h2-3,5,10H,4H2,1H3. The van der Waals surface area contributed by atoms with Gasteiger partial charge in [0.1, 0.15) is 0 Å². The number of hydrogen-bond donors (Lipinski definition) is 1. The lowest BCUT2D eigenvalue weighted by molar-refractivity contribution is 0.715. The number of anilines is 1. The number of thiophene rings is 1. The summed E-state index contributed by atoms with van der Waals surface area (Å²) in [5.74, 6) is 0.799. The Morgan fingerprint density at radius 2 is 2.50 bits per heavy atom. The Bertz CT molecular complexity index is 422. The second kappa shape index (κ2) is 4.10. The Balaban J connectivity index is 1.98. The topological polar surface area (TPSA) is 42.7 Å². The molecule has 2 rings (SSSR count). The van der Waals surface area contributed by atoms with Crippen molar-refractivity contribution >= 4 is 33.1 Å². The zero-order chi connectivity index (χ0) is 9.97. The van der Waals surface area contributed by atoms with E-state index in [1.807, 2.05) is 19.3 Å². The van der Waals surface area contributed by atoms with Gasteiger partial charge in [-0.3, -0.25) is 4.68 Å². The highest BCUT2D eigenvalue weighted by molar-refractivity contribution is 9.10. The molecule has 74 valence electrons. The van der Waals surface area contributed by atoms with E-state index in [1.54, 1.807) is 16.0 Å². The van der Waals surface area contributed by atoms with Gasteiger partial charge >= 0.3 is 0 Å². The number of nitrogens with zero attached hydrogens (tertiary/aromatic N) is 3. The van der Waals surface area contributed by atoms with E-state index in [-0.39, 0.29) is 0 Å². The van der Waals surface area contributed by atoms with E-state index in [9.17, 15) is 0 Å². The maximum atomic E-state index is 3.94. The molecule has 0 radical (unpaired) electrons. The van der Waals surface area contributed by atoms with Crippen LogP contribution in [0.25, 0.3) is 0 Å². The fraction of sp³-hybridized carbons (Fsp3) is 0.250. The largest absolute Gasteiger partial charge is 0.362 e. The monoisotopic (exact) mass is 272 g/mol. The van der Waals surface area contributed by atoms with Gasteiger partial charge in [-0.05, 0) is 27.4 Å². The summed E-state index contributed by atoms with van der Waals surface area (Å²) in [6.07, 6.45) is 1.85. The lowest BCUT2D eigenvalue weighted by Crippen LogP contribution is -1.97. The molecular weight excluding hydrogens is 264 g/mol. The summed E-state index contributed by atoms with van der Waals surface area (Å²) in [4.78, 5) is 1.26. The Morgan fingerprint density at radius 3 is 3.07 bits per heavy atom. The molecule has 0 aliphatic rings. The lowest BCUT2D eigenvalue weighted by atomic mass is 10.4. The van der Waals surface area contributed by atoms with Crippen LogP contribution in [0, 0.1) is 0 Å². The molecule has 14 heavy (non-hydrogen) atoms. The highest BCUT2D eigenvalue weighted by atomic mass is 79.9.